The summed E-state index contributed by atoms with van der Waals surface area (Å²) < 4.78 is 27.5. The van der Waals surface area contributed by atoms with Crippen LogP contribution in [0, 0.1) is 12.8 Å². The van der Waals surface area contributed by atoms with Gasteiger partial charge in [0.2, 0.25) is 15.9 Å². The number of nitrogens with zero attached hydrogens (tertiary/aromatic N) is 3. The molecule has 0 saturated carbocycles. The number of benzene rings is 2. The Labute approximate surface area is 201 Å². The van der Waals surface area contributed by atoms with Gasteiger partial charge >= 0.3 is 0 Å². The Balaban J connectivity index is 1.41. The standard InChI is InChI=1S/C24H31ClN4O3S/c1-18-16-21(28-14-12-27(2)13-15-28)7-10-23(18)26-24(30)19-4-3-11-29(17-19)33(31,32)22-8-5-20(25)6-9-22/h5-10,16,19H,3-4,11-15,17H2,1-2H3,(H,26,30)/t19-/m0/s1. The number of piperazine rings is 1. The van der Waals surface area contributed by atoms with Gasteiger partial charge in [0.25, 0.3) is 0 Å². The fraction of sp³-hybridized carbons (Fsp3) is 0.458. The molecule has 2 aromatic rings. The molecular weight excluding hydrogens is 460 g/mol. The van der Waals surface area contributed by atoms with Crippen molar-refractivity contribution in [3.63, 3.8) is 0 Å². The second-order valence-electron chi connectivity index (χ2n) is 8.93. The van der Waals surface area contributed by atoms with E-state index in [0.29, 0.717) is 24.4 Å². The molecular formula is C24H31ClN4O3S. The maximum Gasteiger partial charge on any atom is 0.243 e. The molecule has 1 atom stereocenters. The zero-order chi connectivity index (χ0) is 23.6. The number of carbonyl (C=O) groups is 1. The monoisotopic (exact) mass is 490 g/mol. The van der Waals surface area contributed by atoms with Crippen LogP contribution in [0.3, 0.4) is 0 Å². The SMILES string of the molecule is Cc1cc(N2CCN(C)CC2)ccc1NC(=O)[C@H]1CCCN(S(=O)(=O)c2ccc(Cl)cc2)C1. The molecule has 1 amide bonds. The molecule has 2 fully saturated rings. The minimum absolute atomic E-state index is 0.138. The quantitative estimate of drug-likeness (QED) is 0.695. The topological polar surface area (TPSA) is 73.0 Å². The Morgan fingerprint density at radius 3 is 2.39 bits per heavy atom. The second-order valence-corrected chi connectivity index (χ2v) is 11.3. The van der Waals surface area contributed by atoms with Crippen LogP contribution in [0.15, 0.2) is 47.4 Å². The van der Waals surface area contributed by atoms with Gasteiger partial charge in [0, 0.05) is 55.7 Å². The molecule has 2 heterocycles. The van der Waals surface area contributed by atoms with Crippen LogP contribution in [0.4, 0.5) is 11.4 Å². The van der Waals surface area contributed by atoms with Crippen molar-refractivity contribution < 1.29 is 13.2 Å². The minimum atomic E-state index is -3.66. The maximum atomic E-state index is 13.0. The lowest BCUT2D eigenvalue weighted by Gasteiger charge is -2.34. The molecule has 2 aromatic carbocycles. The van der Waals surface area contributed by atoms with E-state index in [0.717, 1.165) is 43.1 Å². The molecule has 4 rings (SSSR count). The van der Waals surface area contributed by atoms with Crippen molar-refractivity contribution in [3.8, 4) is 0 Å². The molecule has 33 heavy (non-hydrogen) atoms. The highest BCUT2D eigenvalue weighted by molar-refractivity contribution is 7.89. The molecule has 2 saturated heterocycles. The van der Waals surface area contributed by atoms with Gasteiger partial charge < -0.3 is 15.1 Å². The van der Waals surface area contributed by atoms with E-state index < -0.39 is 15.9 Å². The van der Waals surface area contributed by atoms with Gasteiger partial charge in [0.15, 0.2) is 0 Å². The molecule has 2 aliphatic heterocycles. The highest BCUT2D eigenvalue weighted by atomic mass is 35.5. The van der Waals surface area contributed by atoms with Gasteiger partial charge in [-0.05, 0) is 74.8 Å². The fourth-order valence-electron chi connectivity index (χ4n) is 4.41. The number of carbonyl (C=O) groups excluding carboxylic acids is 1. The number of sulfonamides is 1. The van der Waals surface area contributed by atoms with Crippen LogP contribution in [0.1, 0.15) is 18.4 Å². The van der Waals surface area contributed by atoms with E-state index >= 15 is 0 Å². The van der Waals surface area contributed by atoms with Crippen molar-refractivity contribution in [2.24, 2.45) is 5.92 Å². The van der Waals surface area contributed by atoms with Crippen molar-refractivity contribution in [2.45, 2.75) is 24.7 Å². The third kappa shape index (κ3) is 5.51. The van der Waals surface area contributed by atoms with Crippen LogP contribution >= 0.6 is 11.6 Å². The number of hydrogen-bond acceptors (Lipinski definition) is 5. The Morgan fingerprint density at radius 2 is 1.73 bits per heavy atom. The minimum Gasteiger partial charge on any atom is -0.369 e. The highest BCUT2D eigenvalue weighted by Crippen LogP contribution is 2.28. The number of nitrogens with one attached hydrogen (secondary N) is 1. The van der Waals surface area contributed by atoms with Gasteiger partial charge in [-0.3, -0.25) is 4.79 Å². The number of hydrogen-bond donors (Lipinski definition) is 1. The number of amides is 1. The van der Waals surface area contributed by atoms with Gasteiger partial charge in [-0.25, -0.2) is 8.42 Å². The predicted molar refractivity (Wildman–Crippen MR) is 132 cm³/mol. The van der Waals surface area contributed by atoms with Crippen molar-refractivity contribution in [3.05, 3.63) is 53.1 Å². The van der Waals surface area contributed by atoms with E-state index in [9.17, 15) is 13.2 Å². The number of rotatable bonds is 5. The van der Waals surface area contributed by atoms with E-state index in [2.05, 4.69) is 28.2 Å². The average molecular weight is 491 g/mol. The molecule has 0 bridgehead atoms. The molecule has 0 aliphatic carbocycles. The summed E-state index contributed by atoms with van der Waals surface area (Å²) in [6.07, 6.45) is 1.31. The van der Waals surface area contributed by atoms with E-state index in [-0.39, 0.29) is 17.3 Å². The van der Waals surface area contributed by atoms with Crippen LogP contribution in [-0.2, 0) is 14.8 Å². The van der Waals surface area contributed by atoms with Crippen LogP contribution in [0.25, 0.3) is 0 Å². The molecule has 7 nitrogen and oxygen atoms in total. The van der Waals surface area contributed by atoms with Gasteiger partial charge in [-0.15, -0.1) is 0 Å². The van der Waals surface area contributed by atoms with Gasteiger partial charge in [-0.2, -0.15) is 4.31 Å². The summed E-state index contributed by atoms with van der Waals surface area (Å²) in [6, 6.07) is 12.3. The van der Waals surface area contributed by atoms with Crippen molar-refractivity contribution >= 4 is 38.9 Å². The van der Waals surface area contributed by atoms with Crippen LogP contribution in [0.5, 0.6) is 0 Å². The molecule has 2 aliphatic rings. The summed E-state index contributed by atoms with van der Waals surface area (Å²) in [5, 5.41) is 3.52. The van der Waals surface area contributed by atoms with Gasteiger partial charge in [-0.1, -0.05) is 11.6 Å². The first-order valence-electron chi connectivity index (χ1n) is 11.3. The lowest BCUT2D eigenvalue weighted by Crippen LogP contribution is -2.44. The fourth-order valence-corrected chi connectivity index (χ4v) is 6.06. The lowest BCUT2D eigenvalue weighted by atomic mass is 9.98. The number of anilines is 2. The van der Waals surface area contributed by atoms with Crippen LogP contribution in [0.2, 0.25) is 5.02 Å². The first-order valence-corrected chi connectivity index (χ1v) is 13.2. The normalized spacial score (nSPS) is 20.6. The number of likely N-dealkylation sites (N-methyl/N-ethyl adjacent to an activating group) is 1. The van der Waals surface area contributed by atoms with E-state index in [4.69, 9.17) is 11.6 Å². The van der Waals surface area contributed by atoms with E-state index in [1.54, 1.807) is 12.1 Å². The maximum absolute atomic E-state index is 13.0. The molecule has 0 spiro atoms. The smallest absolute Gasteiger partial charge is 0.243 e. The zero-order valence-electron chi connectivity index (χ0n) is 19.1. The highest BCUT2D eigenvalue weighted by Gasteiger charge is 2.33. The third-order valence-electron chi connectivity index (χ3n) is 6.54. The zero-order valence-corrected chi connectivity index (χ0v) is 20.7. The molecule has 1 N–H and O–H groups in total. The van der Waals surface area contributed by atoms with Crippen LogP contribution in [-0.4, -0.2) is 69.8 Å². The number of aryl methyl sites for hydroxylation is 1. The van der Waals surface area contributed by atoms with Crippen LogP contribution < -0.4 is 10.2 Å². The molecule has 0 radical (unpaired) electrons. The Kier molecular flexibility index (Phi) is 7.28. The molecule has 0 unspecified atom stereocenters. The summed E-state index contributed by atoms with van der Waals surface area (Å²) in [5.74, 6) is -0.529. The average Bonchev–Trinajstić information content (AvgIpc) is 2.81. The van der Waals surface area contributed by atoms with Crippen molar-refractivity contribution in [1.29, 1.82) is 0 Å². The summed E-state index contributed by atoms with van der Waals surface area (Å²) in [6.45, 7) is 6.63. The first kappa shape index (κ1) is 24.0. The third-order valence-corrected chi connectivity index (χ3v) is 8.67. The van der Waals surface area contributed by atoms with Gasteiger partial charge in [0.05, 0.1) is 10.8 Å². The largest absolute Gasteiger partial charge is 0.369 e. The molecule has 9 heteroatoms. The summed E-state index contributed by atoms with van der Waals surface area (Å²) >= 11 is 5.90. The first-order chi connectivity index (χ1) is 15.7. The lowest BCUT2D eigenvalue weighted by molar-refractivity contribution is -0.120. The molecule has 178 valence electrons. The van der Waals surface area contributed by atoms with E-state index in [1.807, 2.05) is 19.1 Å². The predicted octanol–water partition coefficient (Wildman–Crippen LogP) is 3.44. The molecule has 0 aromatic heterocycles. The summed E-state index contributed by atoms with van der Waals surface area (Å²) in [5.41, 5.74) is 2.94. The summed E-state index contributed by atoms with van der Waals surface area (Å²) in [7, 11) is -1.53. The number of piperidine rings is 1. The summed E-state index contributed by atoms with van der Waals surface area (Å²) in [4.78, 5) is 17.9. The Bertz CT molecular complexity index is 1100. The van der Waals surface area contributed by atoms with Crippen molar-refractivity contribution in [2.75, 3.05) is 56.5 Å². The van der Waals surface area contributed by atoms with Crippen molar-refractivity contribution in [1.82, 2.24) is 9.21 Å². The number of halogens is 1. The Hall–Kier alpha value is -2.13. The Morgan fingerprint density at radius 1 is 1.03 bits per heavy atom. The van der Waals surface area contributed by atoms with E-state index in [1.165, 1.54) is 16.4 Å². The second kappa shape index (κ2) is 10.0. The van der Waals surface area contributed by atoms with Gasteiger partial charge in [0.1, 0.15) is 0 Å².